The maximum absolute atomic E-state index is 11.2. The molecule has 1 amide bonds. The lowest BCUT2D eigenvalue weighted by Gasteiger charge is -2.27. The van der Waals surface area contributed by atoms with E-state index >= 15 is 0 Å². The lowest BCUT2D eigenvalue weighted by Crippen LogP contribution is -2.32. The quantitative estimate of drug-likeness (QED) is 0.834. The van der Waals surface area contributed by atoms with E-state index in [1.807, 2.05) is 6.92 Å². The van der Waals surface area contributed by atoms with E-state index in [9.17, 15) is 4.79 Å². The molecule has 1 aliphatic carbocycles. The summed E-state index contributed by atoms with van der Waals surface area (Å²) >= 11 is 1.42. The van der Waals surface area contributed by atoms with Crippen LogP contribution in [-0.4, -0.2) is 39.0 Å². The van der Waals surface area contributed by atoms with Crippen LogP contribution >= 0.6 is 11.8 Å². The Kier molecular flexibility index (Phi) is 3.87. The highest BCUT2D eigenvalue weighted by Gasteiger charge is 2.32. The van der Waals surface area contributed by atoms with Crippen LogP contribution in [0.25, 0.3) is 0 Å². The molecular formula is C13H21N5OS. The number of primary amides is 1. The third-order valence-corrected chi connectivity index (χ3v) is 4.96. The van der Waals surface area contributed by atoms with E-state index in [0.29, 0.717) is 6.04 Å². The number of aromatic nitrogens is 3. The molecule has 0 spiro atoms. The van der Waals surface area contributed by atoms with Crippen molar-refractivity contribution < 1.29 is 4.79 Å². The zero-order chi connectivity index (χ0) is 14.1. The molecule has 0 aromatic carbocycles. The predicted molar refractivity (Wildman–Crippen MR) is 78.9 cm³/mol. The number of anilines is 1. The second-order valence-corrected chi connectivity index (χ2v) is 6.90. The largest absolute Gasteiger partial charge is 0.369 e. The summed E-state index contributed by atoms with van der Waals surface area (Å²) in [5.74, 6) is 0.672. The molecule has 2 aliphatic rings. The molecule has 6 nitrogen and oxygen atoms in total. The van der Waals surface area contributed by atoms with Gasteiger partial charge in [0.05, 0.1) is 5.25 Å². The summed E-state index contributed by atoms with van der Waals surface area (Å²) in [6.07, 6.45) is 6.10. The summed E-state index contributed by atoms with van der Waals surface area (Å²) in [5.41, 5.74) is 5.35. The summed E-state index contributed by atoms with van der Waals surface area (Å²) < 4.78 is 2.22. The Hall–Kier alpha value is -1.24. The molecule has 0 radical (unpaired) electrons. The van der Waals surface area contributed by atoms with Crippen molar-refractivity contribution in [2.45, 2.75) is 55.5 Å². The van der Waals surface area contributed by atoms with Gasteiger partial charge in [-0.3, -0.25) is 9.36 Å². The molecule has 20 heavy (non-hydrogen) atoms. The first-order valence-corrected chi connectivity index (χ1v) is 8.20. The molecule has 1 aromatic rings. The molecule has 2 N–H and O–H groups in total. The van der Waals surface area contributed by atoms with Gasteiger partial charge in [-0.1, -0.05) is 11.8 Å². The van der Waals surface area contributed by atoms with Gasteiger partial charge < -0.3 is 10.6 Å². The maximum Gasteiger partial charge on any atom is 0.230 e. The summed E-state index contributed by atoms with van der Waals surface area (Å²) in [6.45, 7) is 3.93. The van der Waals surface area contributed by atoms with Crippen LogP contribution in [0.1, 0.15) is 45.1 Å². The molecule has 1 saturated heterocycles. The van der Waals surface area contributed by atoms with Crippen molar-refractivity contribution in [3.8, 4) is 0 Å². The van der Waals surface area contributed by atoms with Crippen LogP contribution < -0.4 is 10.6 Å². The van der Waals surface area contributed by atoms with E-state index in [2.05, 4.69) is 19.7 Å². The van der Waals surface area contributed by atoms with E-state index in [0.717, 1.165) is 24.2 Å². The number of amides is 1. The monoisotopic (exact) mass is 295 g/mol. The highest BCUT2D eigenvalue weighted by atomic mass is 32.2. The minimum Gasteiger partial charge on any atom is -0.369 e. The molecule has 1 saturated carbocycles. The minimum atomic E-state index is -0.306. The Labute approximate surface area is 123 Å². The normalized spacial score (nSPS) is 20.9. The molecule has 3 rings (SSSR count). The van der Waals surface area contributed by atoms with Crippen molar-refractivity contribution in [1.29, 1.82) is 0 Å². The zero-order valence-electron chi connectivity index (χ0n) is 11.8. The van der Waals surface area contributed by atoms with Gasteiger partial charge in [0.15, 0.2) is 5.16 Å². The Morgan fingerprint density at radius 2 is 2.00 bits per heavy atom. The first-order chi connectivity index (χ1) is 9.66. The molecule has 110 valence electrons. The summed E-state index contributed by atoms with van der Waals surface area (Å²) in [5, 5.41) is 9.24. The van der Waals surface area contributed by atoms with Gasteiger partial charge in [0, 0.05) is 19.1 Å². The Morgan fingerprint density at radius 1 is 1.30 bits per heavy atom. The molecule has 1 aliphatic heterocycles. The highest BCUT2D eigenvalue weighted by Crippen LogP contribution is 2.41. The van der Waals surface area contributed by atoms with Gasteiger partial charge >= 0.3 is 0 Å². The smallest absolute Gasteiger partial charge is 0.230 e. The third kappa shape index (κ3) is 2.77. The molecule has 7 heteroatoms. The average Bonchev–Trinajstić information content (AvgIpc) is 3.21. The topological polar surface area (TPSA) is 77.0 Å². The Morgan fingerprint density at radius 3 is 2.60 bits per heavy atom. The van der Waals surface area contributed by atoms with E-state index in [1.54, 1.807) is 0 Å². The van der Waals surface area contributed by atoms with Crippen LogP contribution in [0.3, 0.4) is 0 Å². The number of nitrogens with two attached hydrogens (primary N) is 1. The van der Waals surface area contributed by atoms with Crippen molar-refractivity contribution in [2.75, 3.05) is 18.0 Å². The molecular weight excluding hydrogens is 274 g/mol. The number of nitrogens with zero attached hydrogens (tertiary/aromatic N) is 4. The molecule has 0 bridgehead atoms. The number of thioether (sulfide) groups is 1. The number of carbonyl (C=O) groups excluding carboxylic acids is 1. The van der Waals surface area contributed by atoms with Gasteiger partial charge in [0.25, 0.3) is 0 Å². The van der Waals surface area contributed by atoms with Crippen LogP contribution in [-0.2, 0) is 4.79 Å². The second-order valence-electron chi connectivity index (χ2n) is 5.59. The van der Waals surface area contributed by atoms with Crippen LogP contribution in [0, 0.1) is 0 Å². The van der Waals surface area contributed by atoms with Gasteiger partial charge in [-0.2, -0.15) is 0 Å². The fourth-order valence-electron chi connectivity index (χ4n) is 2.53. The van der Waals surface area contributed by atoms with Crippen LogP contribution in [0.4, 0.5) is 5.95 Å². The number of carbonyl (C=O) groups is 1. The van der Waals surface area contributed by atoms with E-state index < -0.39 is 0 Å². The fraction of sp³-hybridized carbons (Fsp3) is 0.769. The molecule has 2 heterocycles. The van der Waals surface area contributed by atoms with Crippen molar-refractivity contribution in [3.63, 3.8) is 0 Å². The molecule has 1 atom stereocenters. The standard InChI is InChI=1S/C13H21N5OS/c1-9(11(14)19)20-13-16-15-12(18(13)10-5-6-10)17-7-3-2-4-8-17/h9-10H,2-8H2,1H3,(H2,14,19)/t9-/m1/s1. The molecule has 1 aromatic heterocycles. The van der Waals surface area contributed by atoms with E-state index in [4.69, 9.17) is 5.73 Å². The minimum absolute atomic E-state index is 0.272. The molecule has 0 unspecified atom stereocenters. The summed E-state index contributed by atoms with van der Waals surface area (Å²) in [4.78, 5) is 13.6. The average molecular weight is 295 g/mol. The summed E-state index contributed by atoms with van der Waals surface area (Å²) in [7, 11) is 0. The number of hydrogen-bond donors (Lipinski definition) is 1. The second kappa shape index (κ2) is 5.63. The Bertz CT molecular complexity index is 493. The Balaban J connectivity index is 1.83. The first-order valence-electron chi connectivity index (χ1n) is 7.32. The maximum atomic E-state index is 11.2. The first kappa shape index (κ1) is 13.7. The predicted octanol–water partition coefficient (Wildman–Crippen LogP) is 1.57. The van der Waals surface area contributed by atoms with Crippen molar-refractivity contribution >= 4 is 23.6 Å². The highest BCUT2D eigenvalue weighted by molar-refractivity contribution is 8.00. The van der Waals surface area contributed by atoms with Gasteiger partial charge in [-0.15, -0.1) is 10.2 Å². The van der Waals surface area contributed by atoms with Crippen LogP contribution in [0.2, 0.25) is 0 Å². The number of rotatable bonds is 5. The fourth-order valence-corrected chi connectivity index (χ4v) is 3.39. The van der Waals surface area contributed by atoms with E-state index in [-0.39, 0.29) is 11.2 Å². The van der Waals surface area contributed by atoms with Crippen molar-refractivity contribution in [2.24, 2.45) is 5.73 Å². The number of hydrogen-bond acceptors (Lipinski definition) is 5. The van der Waals surface area contributed by atoms with Crippen molar-refractivity contribution in [3.05, 3.63) is 0 Å². The third-order valence-electron chi connectivity index (χ3n) is 3.88. The van der Waals surface area contributed by atoms with Crippen molar-refractivity contribution in [1.82, 2.24) is 14.8 Å². The van der Waals surface area contributed by atoms with Gasteiger partial charge in [0.1, 0.15) is 0 Å². The van der Waals surface area contributed by atoms with E-state index in [1.165, 1.54) is 43.9 Å². The number of piperidine rings is 1. The van der Waals surface area contributed by atoms with Gasteiger partial charge in [-0.25, -0.2) is 0 Å². The lowest BCUT2D eigenvalue weighted by atomic mass is 10.1. The SMILES string of the molecule is C[C@@H](Sc1nnc(N2CCCCC2)n1C1CC1)C(N)=O. The zero-order valence-corrected chi connectivity index (χ0v) is 12.6. The van der Waals surface area contributed by atoms with Gasteiger partial charge in [0.2, 0.25) is 11.9 Å². The summed E-state index contributed by atoms with van der Waals surface area (Å²) in [6, 6.07) is 0.504. The lowest BCUT2D eigenvalue weighted by molar-refractivity contribution is -0.117. The molecule has 2 fully saturated rings. The van der Waals surface area contributed by atoms with Crippen LogP contribution in [0.15, 0.2) is 5.16 Å². The van der Waals surface area contributed by atoms with Crippen LogP contribution in [0.5, 0.6) is 0 Å². The van der Waals surface area contributed by atoms with Gasteiger partial charge in [-0.05, 0) is 39.0 Å².